The topological polar surface area (TPSA) is 33.1 Å². The van der Waals surface area contributed by atoms with Crippen molar-refractivity contribution in [2.24, 2.45) is 0 Å². The van der Waals surface area contributed by atoms with Crippen LogP contribution in [0.4, 0.5) is 0 Å². The van der Waals surface area contributed by atoms with E-state index >= 15 is 0 Å². The Morgan fingerprint density at radius 3 is 2.60 bits per heavy atom. The minimum absolute atomic E-state index is 0.0849. The summed E-state index contributed by atoms with van der Waals surface area (Å²) in [6.45, 7) is 0. The summed E-state index contributed by atoms with van der Waals surface area (Å²) in [7, 11) is 0. The molecule has 1 aromatic heterocycles. The molecule has 0 atom stereocenters. The maximum atomic E-state index is 9.62. The van der Waals surface area contributed by atoms with E-state index in [1.54, 1.807) is 36.5 Å². The maximum absolute atomic E-state index is 9.62. The summed E-state index contributed by atoms with van der Waals surface area (Å²) in [5.74, 6) is 0.0849. The molecule has 0 spiro atoms. The van der Waals surface area contributed by atoms with Gasteiger partial charge in [0.05, 0.1) is 10.0 Å². The van der Waals surface area contributed by atoms with Crippen molar-refractivity contribution in [3.63, 3.8) is 0 Å². The largest absolute Gasteiger partial charge is 0.506 e. The highest BCUT2D eigenvalue weighted by Gasteiger charge is 2.10. The van der Waals surface area contributed by atoms with Gasteiger partial charge in [-0.25, -0.2) is 0 Å². The average Bonchev–Trinajstić information content (AvgIpc) is 2.23. The van der Waals surface area contributed by atoms with Gasteiger partial charge in [-0.2, -0.15) is 0 Å². The third kappa shape index (κ3) is 1.91. The Bertz CT molecular complexity index is 500. The van der Waals surface area contributed by atoms with Crippen LogP contribution < -0.4 is 0 Å². The summed E-state index contributed by atoms with van der Waals surface area (Å²) in [4.78, 5) is 4.06. The van der Waals surface area contributed by atoms with Crippen molar-refractivity contribution >= 4 is 23.2 Å². The smallest absolute Gasteiger partial charge is 0.141 e. The van der Waals surface area contributed by atoms with Crippen molar-refractivity contribution in [3.05, 3.63) is 46.6 Å². The van der Waals surface area contributed by atoms with Crippen LogP contribution in [0.15, 0.2) is 36.5 Å². The third-order valence-electron chi connectivity index (χ3n) is 1.99. The number of halogens is 2. The molecule has 0 aliphatic rings. The molecule has 0 aliphatic carbocycles. The fourth-order valence-electron chi connectivity index (χ4n) is 1.29. The summed E-state index contributed by atoms with van der Waals surface area (Å²) in [5, 5.41) is 10.5. The molecular weight excluding hydrogens is 233 g/mol. The number of nitrogens with zero attached hydrogens (tertiary/aromatic N) is 1. The average molecular weight is 240 g/mol. The van der Waals surface area contributed by atoms with Gasteiger partial charge in [-0.3, -0.25) is 4.98 Å². The van der Waals surface area contributed by atoms with Crippen LogP contribution in [0, 0.1) is 0 Å². The molecule has 0 saturated heterocycles. The third-order valence-corrected chi connectivity index (χ3v) is 2.81. The number of rotatable bonds is 1. The molecular formula is C11H7Cl2NO. The molecule has 0 aliphatic heterocycles. The van der Waals surface area contributed by atoms with Crippen LogP contribution in [0.1, 0.15) is 0 Å². The quantitative estimate of drug-likeness (QED) is 0.823. The lowest BCUT2D eigenvalue weighted by Gasteiger charge is -2.06. The molecule has 1 heterocycles. The standard InChI is InChI=1S/C11H7Cl2NO/c12-8-4-1-3-7(10(8)13)11-9(15)5-2-6-14-11/h1-6,15H. The second-order valence-corrected chi connectivity index (χ2v) is 3.76. The fourth-order valence-corrected chi connectivity index (χ4v) is 1.68. The Labute approximate surface area is 97.1 Å². The van der Waals surface area contributed by atoms with Gasteiger partial charge in [0.2, 0.25) is 0 Å². The Morgan fingerprint density at radius 1 is 1.07 bits per heavy atom. The molecule has 0 saturated carbocycles. The molecule has 0 amide bonds. The predicted octanol–water partition coefficient (Wildman–Crippen LogP) is 3.76. The highest BCUT2D eigenvalue weighted by atomic mass is 35.5. The molecule has 0 unspecified atom stereocenters. The van der Waals surface area contributed by atoms with Crippen LogP contribution in [0.3, 0.4) is 0 Å². The van der Waals surface area contributed by atoms with Gasteiger partial charge >= 0.3 is 0 Å². The molecule has 1 N–H and O–H groups in total. The van der Waals surface area contributed by atoms with Gasteiger partial charge in [-0.05, 0) is 18.2 Å². The zero-order valence-corrected chi connectivity index (χ0v) is 9.13. The Kier molecular flexibility index (Phi) is 2.80. The summed E-state index contributed by atoms with van der Waals surface area (Å²) in [6.07, 6.45) is 1.59. The van der Waals surface area contributed by atoms with Gasteiger partial charge in [0.25, 0.3) is 0 Å². The Balaban J connectivity index is 2.65. The first kappa shape index (κ1) is 10.3. The summed E-state index contributed by atoms with van der Waals surface area (Å²) < 4.78 is 0. The second-order valence-electron chi connectivity index (χ2n) is 2.97. The van der Waals surface area contributed by atoms with Gasteiger partial charge in [0.1, 0.15) is 11.4 Å². The van der Waals surface area contributed by atoms with Crippen LogP contribution >= 0.6 is 23.2 Å². The first-order chi connectivity index (χ1) is 7.20. The zero-order chi connectivity index (χ0) is 10.8. The van der Waals surface area contributed by atoms with Crippen LogP contribution in [0.5, 0.6) is 5.75 Å². The van der Waals surface area contributed by atoms with E-state index in [2.05, 4.69) is 4.98 Å². The molecule has 15 heavy (non-hydrogen) atoms. The first-order valence-corrected chi connectivity index (χ1v) is 5.04. The van der Waals surface area contributed by atoms with E-state index < -0.39 is 0 Å². The van der Waals surface area contributed by atoms with E-state index in [9.17, 15) is 5.11 Å². The molecule has 0 radical (unpaired) electrons. The van der Waals surface area contributed by atoms with E-state index in [0.717, 1.165) is 0 Å². The minimum Gasteiger partial charge on any atom is -0.506 e. The molecule has 1 aromatic carbocycles. The zero-order valence-electron chi connectivity index (χ0n) is 7.61. The van der Waals surface area contributed by atoms with Crippen LogP contribution in [-0.4, -0.2) is 10.1 Å². The maximum Gasteiger partial charge on any atom is 0.141 e. The van der Waals surface area contributed by atoms with Crippen LogP contribution in [-0.2, 0) is 0 Å². The van der Waals surface area contributed by atoms with E-state index in [1.165, 1.54) is 0 Å². The van der Waals surface area contributed by atoms with Crippen LogP contribution in [0.25, 0.3) is 11.3 Å². The van der Waals surface area contributed by atoms with Crippen molar-refractivity contribution in [3.8, 4) is 17.0 Å². The summed E-state index contributed by atoms with van der Waals surface area (Å²) in [6, 6.07) is 8.41. The Hall–Kier alpha value is -1.25. The lowest BCUT2D eigenvalue weighted by Crippen LogP contribution is -1.85. The highest BCUT2D eigenvalue weighted by Crippen LogP contribution is 2.35. The number of aromatic hydroxyl groups is 1. The van der Waals surface area contributed by atoms with E-state index in [4.69, 9.17) is 23.2 Å². The highest BCUT2D eigenvalue weighted by molar-refractivity contribution is 6.43. The number of benzene rings is 1. The normalized spacial score (nSPS) is 10.3. The van der Waals surface area contributed by atoms with E-state index in [-0.39, 0.29) is 5.75 Å². The van der Waals surface area contributed by atoms with Gasteiger partial charge in [-0.1, -0.05) is 35.3 Å². The SMILES string of the molecule is Oc1cccnc1-c1cccc(Cl)c1Cl. The number of pyridine rings is 1. The first-order valence-electron chi connectivity index (χ1n) is 4.28. The van der Waals surface area contributed by atoms with Crippen molar-refractivity contribution in [1.29, 1.82) is 0 Å². The number of aromatic nitrogens is 1. The molecule has 2 aromatic rings. The predicted molar refractivity (Wildman–Crippen MR) is 61.4 cm³/mol. The van der Waals surface area contributed by atoms with Crippen molar-refractivity contribution < 1.29 is 5.11 Å². The van der Waals surface area contributed by atoms with E-state index in [1.807, 2.05) is 0 Å². The summed E-state index contributed by atoms with van der Waals surface area (Å²) in [5.41, 5.74) is 1.06. The molecule has 4 heteroatoms. The van der Waals surface area contributed by atoms with Crippen molar-refractivity contribution in [2.75, 3.05) is 0 Å². The second kappa shape index (κ2) is 4.09. The molecule has 2 rings (SSSR count). The summed E-state index contributed by atoms with van der Waals surface area (Å²) >= 11 is 11.9. The van der Waals surface area contributed by atoms with Gasteiger partial charge in [0.15, 0.2) is 0 Å². The van der Waals surface area contributed by atoms with Gasteiger partial charge in [0, 0.05) is 11.8 Å². The molecule has 0 fully saturated rings. The van der Waals surface area contributed by atoms with Crippen molar-refractivity contribution in [2.45, 2.75) is 0 Å². The lowest BCUT2D eigenvalue weighted by molar-refractivity contribution is 0.475. The number of hydrogen-bond acceptors (Lipinski definition) is 2. The minimum atomic E-state index is 0.0849. The fraction of sp³-hybridized carbons (Fsp3) is 0. The van der Waals surface area contributed by atoms with Crippen molar-refractivity contribution in [1.82, 2.24) is 4.98 Å². The van der Waals surface area contributed by atoms with E-state index in [0.29, 0.717) is 21.3 Å². The van der Waals surface area contributed by atoms with Crippen LogP contribution in [0.2, 0.25) is 10.0 Å². The molecule has 0 bridgehead atoms. The molecule has 76 valence electrons. The molecule has 2 nitrogen and oxygen atoms in total. The Morgan fingerprint density at radius 2 is 1.87 bits per heavy atom. The number of hydrogen-bond donors (Lipinski definition) is 1. The lowest BCUT2D eigenvalue weighted by atomic mass is 10.1. The van der Waals surface area contributed by atoms with Gasteiger partial charge in [-0.15, -0.1) is 0 Å². The van der Waals surface area contributed by atoms with Gasteiger partial charge < -0.3 is 5.11 Å². The monoisotopic (exact) mass is 239 g/mol.